The van der Waals surface area contributed by atoms with Crippen molar-refractivity contribution in [3.63, 3.8) is 0 Å². The van der Waals surface area contributed by atoms with Crippen LogP contribution in [0.5, 0.6) is 5.75 Å². The molecule has 4 aromatic rings. The van der Waals surface area contributed by atoms with Crippen LogP contribution in [0.2, 0.25) is 5.02 Å². The Balaban J connectivity index is 1.41. The smallest absolute Gasteiger partial charge is 0.291 e. The van der Waals surface area contributed by atoms with E-state index in [0.29, 0.717) is 16.5 Å². The summed E-state index contributed by atoms with van der Waals surface area (Å²) in [5.74, 6) is 1.13. The molecule has 3 heterocycles. The molecule has 0 aliphatic heterocycles. The summed E-state index contributed by atoms with van der Waals surface area (Å²) in [6, 6.07) is 10.5. The first-order valence-corrected chi connectivity index (χ1v) is 11.8. The minimum absolute atomic E-state index is 0.0758. The molecule has 1 aromatic carbocycles. The zero-order valence-corrected chi connectivity index (χ0v) is 21.2. The highest BCUT2D eigenvalue weighted by atomic mass is 35.5. The van der Waals surface area contributed by atoms with Crippen molar-refractivity contribution in [2.75, 3.05) is 5.32 Å². The van der Waals surface area contributed by atoms with Gasteiger partial charge in [-0.05, 0) is 60.4 Å². The summed E-state index contributed by atoms with van der Waals surface area (Å²) in [5, 5.41) is 10.3. The van der Waals surface area contributed by atoms with Crippen molar-refractivity contribution in [1.82, 2.24) is 15.1 Å². The number of carbonyl (C=O) groups excluding carboxylic acids is 2. The summed E-state index contributed by atoms with van der Waals surface area (Å²) in [4.78, 5) is 25.4. The Morgan fingerprint density at radius 1 is 1.17 bits per heavy atom. The first kappa shape index (κ1) is 25.1. The Labute approximate surface area is 213 Å². The second kappa shape index (κ2) is 10.7. The van der Waals surface area contributed by atoms with E-state index in [1.165, 1.54) is 10.9 Å². The molecule has 0 radical (unpaired) electrons. The van der Waals surface area contributed by atoms with Gasteiger partial charge in [-0.2, -0.15) is 5.10 Å². The lowest BCUT2D eigenvalue weighted by Crippen LogP contribution is -2.25. The Bertz CT molecular complexity index is 1370. The fourth-order valence-electron chi connectivity index (χ4n) is 3.57. The summed E-state index contributed by atoms with van der Waals surface area (Å²) in [5.41, 5.74) is 2.24. The Morgan fingerprint density at radius 3 is 2.69 bits per heavy atom. The van der Waals surface area contributed by atoms with Gasteiger partial charge in [0, 0.05) is 18.3 Å². The van der Waals surface area contributed by atoms with E-state index in [1.807, 2.05) is 19.1 Å². The van der Waals surface area contributed by atoms with Crippen molar-refractivity contribution in [1.29, 1.82) is 0 Å². The second-order valence-electron chi connectivity index (χ2n) is 8.63. The van der Waals surface area contributed by atoms with Crippen LogP contribution in [0.3, 0.4) is 0 Å². The van der Waals surface area contributed by atoms with Crippen LogP contribution in [0.4, 0.5) is 5.69 Å². The van der Waals surface area contributed by atoms with Gasteiger partial charge >= 0.3 is 0 Å². The van der Waals surface area contributed by atoms with Crippen LogP contribution in [-0.4, -0.2) is 21.6 Å². The normalized spacial score (nSPS) is 11.1. The van der Waals surface area contributed by atoms with E-state index in [2.05, 4.69) is 29.6 Å². The summed E-state index contributed by atoms with van der Waals surface area (Å²) in [7, 11) is 1.66. The third kappa shape index (κ3) is 5.80. The largest absolute Gasteiger partial charge is 0.485 e. The fourth-order valence-corrected chi connectivity index (χ4v) is 3.74. The van der Waals surface area contributed by atoms with E-state index in [1.54, 1.807) is 37.5 Å². The number of ether oxygens (including phenoxy) is 1. The number of aryl methyl sites for hydroxylation is 2. The molecule has 9 nitrogen and oxygen atoms in total. The summed E-state index contributed by atoms with van der Waals surface area (Å²) in [6.45, 7) is 6.38. The van der Waals surface area contributed by atoms with Crippen molar-refractivity contribution in [3.8, 4) is 5.75 Å². The molecule has 0 fully saturated rings. The number of hydrogen-bond donors (Lipinski definition) is 2. The van der Waals surface area contributed by atoms with Crippen molar-refractivity contribution in [2.24, 2.45) is 7.05 Å². The van der Waals surface area contributed by atoms with E-state index in [4.69, 9.17) is 25.2 Å². The van der Waals surface area contributed by atoms with Crippen molar-refractivity contribution >= 4 is 29.1 Å². The number of rotatable bonds is 9. The molecule has 0 aliphatic rings. The number of furan rings is 2. The lowest BCUT2D eigenvalue weighted by Gasteiger charge is -2.15. The Morgan fingerprint density at radius 2 is 1.97 bits per heavy atom. The molecule has 0 aliphatic carbocycles. The quantitative estimate of drug-likeness (QED) is 0.309. The molecule has 0 bridgehead atoms. The maximum absolute atomic E-state index is 12.8. The number of aromatic nitrogens is 2. The average molecular weight is 511 g/mol. The van der Waals surface area contributed by atoms with Gasteiger partial charge in [0.2, 0.25) is 0 Å². The average Bonchev–Trinajstić information content (AvgIpc) is 3.59. The lowest BCUT2D eigenvalue weighted by atomic mass is 10.0. The third-order valence-corrected chi connectivity index (χ3v) is 5.87. The number of hydrogen-bond acceptors (Lipinski definition) is 6. The first-order chi connectivity index (χ1) is 17.2. The first-order valence-electron chi connectivity index (χ1n) is 11.4. The highest BCUT2D eigenvalue weighted by Crippen LogP contribution is 2.32. The number of amides is 2. The van der Waals surface area contributed by atoms with Crippen LogP contribution < -0.4 is 15.4 Å². The standard InChI is InChI=1S/C26H27ClN4O5/c1-15(2)19-11-20(27)16(3)10-23(19)35-14-18-7-8-22(36-18)25(32)29-21-13-31(4)30-24(21)26(33)28-12-17-6-5-9-34-17/h5-11,13,15H,12,14H2,1-4H3,(H,28,33)(H,29,32). The fraction of sp³-hybridized carbons (Fsp3) is 0.269. The Hall–Kier alpha value is -3.98. The summed E-state index contributed by atoms with van der Waals surface area (Å²) in [6.07, 6.45) is 3.07. The highest BCUT2D eigenvalue weighted by Gasteiger charge is 2.21. The summed E-state index contributed by atoms with van der Waals surface area (Å²) >= 11 is 6.27. The van der Waals surface area contributed by atoms with E-state index < -0.39 is 11.8 Å². The molecule has 10 heteroatoms. The maximum atomic E-state index is 12.8. The number of halogens is 1. The van der Waals surface area contributed by atoms with E-state index in [9.17, 15) is 9.59 Å². The molecule has 3 aromatic heterocycles. The zero-order valence-electron chi connectivity index (χ0n) is 20.4. The molecule has 4 rings (SSSR count). The highest BCUT2D eigenvalue weighted by molar-refractivity contribution is 6.31. The molecule has 2 N–H and O–H groups in total. The van der Waals surface area contributed by atoms with Crippen molar-refractivity contribution in [3.05, 3.63) is 88.0 Å². The van der Waals surface area contributed by atoms with E-state index in [0.717, 1.165) is 16.9 Å². The van der Waals surface area contributed by atoms with Crippen LogP contribution in [0, 0.1) is 6.92 Å². The SMILES string of the molecule is Cc1cc(OCc2ccc(C(=O)Nc3cn(C)nc3C(=O)NCc3ccco3)o2)c(C(C)C)cc1Cl. The number of nitrogens with zero attached hydrogens (tertiary/aromatic N) is 2. The number of carbonyl (C=O) groups is 2. The van der Waals surface area contributed by atoms with Crippen LogP contribution in [0.25, 0.3) is 0 Å². The minimum Gasteiger partial charge on any atom is -0.485 e. The monoisotopic (exact) mass is 510 g/mol. The van der Waals surface area contributed by atoms with Crippen LogP contribution in [0.1, 0.15) is 63.5 Å². The minimum atomic E-state index is -0.514. The van der Waals surface area contributed by atoms with Crippen molar-refractivity contribution < 1.29 is 23.2 Å². The van der Waals surface area contributed by atoms with Gasteiger partial charge in [-0.3, -0.25) is 14.3 Å². The van der Waals surface area contributed by atoms with Gasteiger partial charge in [0.1, 0.15) is 23.9 Å². The van der Waals surface area contributed by atoms with Crippen molar-refractivity contribution in [2.45, 2.75) is 39.8 Å². The topological polar surface area (TPSA) is 112 Å². The van der Waals surface area contributed by atoms with Gasteiger partial charge in [-0.25, -0.2) is 0 Å². The number of anilines is 1. The molecule has 0 atom stereocenters. The Kier molecular flexibility index (Phi) is 7.49. The molecule has 0 saturated heterocycles. The van der Waals surface area contributed by atoms with Crippen LogP contribution >= 0.6 is 11.6 Å². The van der Waals surface area contributed by atoms with Gasteiger partial charge in [-0.1, -0.05) is 25.4 Å². The predicted molar refractivity (Wildman–Crippen MR) is 134 cm³/mol. The second-order valence-corrected chi connectivity index (χ2v) is 9.04. The van der Waals surface area contributed by atoms with Gasteiger partial charge in [0.05, 0.1) is 18.5 Å². The van der Waals surface area contributed by atoms with E-state index in [-0.39, 0.29) is 36.2 Å². The zero-order chi connectivity index (χ0) is 25.8. The third-order valence-electron chi connectivity index (χ3n) is 5.46. The molecule has 2 amide bonds. The summed E-state index contributed by atoms with van der Waals surface area (Å²) < 4.78 is 18.3. The molecule has 36 heavy (non-hydrogen) atoms. The van der Waals surface area contributed by atoms with Gasteiger partial charge in [0.25, 0.3) is 11.8 Å². The van der Waals surface area contributed by atoms with Gasteiger partial charge < -0.3 is 24.2 Å². The molecular formula is C26H27ClN4O5. The lowest BCUT2D eigenvalue weighted by molar-refractivity contribution is 0.0943. The van der Waals surface area contributed by atoms with Gasteiger partial charge in [0.15, 0.2) is 11.5 Å². The molecular weight excluding hydrogens is 484 g/mol. The molecule has 188 valence electrons. The van der Waals surface area contributed by atoms with Crippen LogP contribution in [-0.2, 0) is 20.2 Å². The number of nitrogens with one attached hydrogen (secondary N) is 2. The molecule has 0 saturated carbocycles. The molecule has 0 spiro atoms. The van der Waals surface area contributed by atoms with Gasteiger partial charge in [-0.15, -0.1) is 0 Å². The molecule has 0 unspecified atom stereocenters. The number of benzene rings is 1. The van der Waals surface area contributed by atoms with Crippen LogP contribution in [0.15, 0.2) is 57.7 Å². The van der Waals surface area contributed by atoms with E-state index >= 15 is 0 Å². The maximum Gasteiger partial charge on any atom is 0.291 e. The predicted octanol–water partition coefficient (Wildman–Crippen LogP) is 5.45.